The lowest BCUT2D eigenvalue weighted by Crippen LogP contribution is -1.93. The van der Waals surface area contributed by atoms with E-state index in [0.717, 1.165) is 12.0 Å². The fraction of sp³-hybridized carbons (Fsp3) is 0.200. The molecule has 2 aromatic carbocycles. The molecule has 1 radical (unpaired) electrons. The topological polar surface area (TPSA) is 18.5 Å². The van der Waals surface area contributed by atoms with Gasteiger partial charge in [0.25, 0.3) is 0 Å². The molecule has 0 heterocycles. The summed E-state index contributed by atoms with van der Waals surface area (Å²) in [6.07, 6.45) is 0.863. The van der Waals surface area contributed by atoms with Crippen LogP contribution in [0.3, 0.4) is 0 Å². The van der Waals surface area contributed by atoms with Crippen LogP contribution in [0.15, 0.2) is 42.5 Å². The molecular formula is C15H15O2. The molecule has 17 heavy (non-hydrogen) atoms. The fourth-order valence-corrected chi connectivity index (χ4v) is 1.73. The highest BCUT2D eigenvalue weighted by Gasteiger charge is 2.03. The molecule has 0 aliphatic carbocycles. The average Bonchev–Trinajstić information content (AvgIpc) is 2.39. The lowest BCUT2D eigenvalue weighted by molar-refractivity contribution is 0.392. The van der Waals surface area contributed by atoms with E-state index in [0.29, 0.717) is 11.5 Å². The number of ether oxygens (including phenoxy) is 2. The third-order valence-corrected chi connectivity index (χ3v) is 2.57. The SMILES string of the molecule is COc1[c]c(OC)cc(Cc2ccccc2)c1. The molecule has 2 heteroatoms. The lowest BCUT2D eigenvalue weighted by atomic mass is 10.0. The normalized spacial score (nSPS) is 10.0. The van der Waals surface area contributed by atoms with Gasteiger partial charge in [0.1, 0.15) is 11.5 Å². The van der Waals surface area contributed by atoms with E-state index in [1.54, 1.807) is 14.2 Å². The number of hydrogen-bond acceptors (Lipinski definition) is 2. The molecule has 0 unspecified atom stereocenters. The minimum atomic E-state index is 0.704. The minimum Gasteiger partial charge on any atom is -0.496 e. The average molecular weight is 227 g/mol. The van der Waals surface area contributed by atoms with Crippen LogP contribution in [-0.2, 0) is 6.42 Å². The quantitative estimate of drug-likeness (QED) is 0.799. The van der Waals surface area contributed by atoms with Gasteiger partial charge >= 0.3 is 0 Å². The van der Waals surface area contributed by atoms with Gasteiger partial charge in [-0.05, 0) is 29.7 Å². The Hall–Kier alpha value is -1.96. The predicted molar refractivity (Wildman–Crippen MR) is 67.6 cm³/mol. The summed E-state index contributed by atoms with van der Waals surface area (Å²) in [4.78, 5) is 0. The van der Waals surface area contributed by atoms with Crippen LogP contribution in [0.5, 0.6) is 11.5 Å². The van der Waals surface area contributed by atoms with Crippen molar-refractivity contribution in [2.24, 2.45) is 0 Å². The molecule has 0 aliphatic rings. The van der Waals surface area contributed by atoms with Gasteiger partial charge in [0, 0.05) is 0 Å². The molecule has 0 atom stereocenters. The van der Waals surface area contributed by atoms with Crippen LogP contribution in [0.1, 0.15) is 11.1 Å². The second-order valence-corrected chi connectivity index (χ2v) is 3.79. The summed E-state index contributed by atoms with van der Waals surface area (Å²) < 4.78 is 10.4. The maximum absolute atomic E-state index is 5.20. The van der Waals surface area contributed by atoms with E-state index in [-0.39, 0.29) is 0 Å². The molecule has 2 nitrogen and oxygen atoms in total. The van der Waals surface area contributed by atoms with Gasteiger partial charge in [-0.2, -0.15) is 0 Å². The third kappa shape index (κ3) is 3.00. The first kappa shape index (κ1) is 11.5. The highest BCUT2D eigenvalue weighted by molar-refractivity contribution is 5.39. The van der Waals surface area contributed by atoms with Crippen LogP contribution in [0.2, 0.25) is 0 Å². The Kier molecular flexibility index (Phi) is 3.66. The van der Waals surface area contributed by atoms with Gasteiger partial charge in [-0.3, -0.25) is 0 Å². The van der Waals surface area contributed by atoms with Crippen LogP contribution < -0.4 is 9.47 Å². The number of hydrogen-bond donors (Lipinski definition) is 0. The second kappa shape index (κ2) is 5.39. The van der Waals surface area contributed by atoms with Crippen molar-refractivity contribution in [3.8, 4) is 11.5 Å². The highest BCUT2D eigenvalue weighted by atomic mass is 16.5. The number of benzene rings is 2. The third-order valence-electron chi connectivity index (χ3n) is 2.57. The molecule has 0 saturated heterocycles. The summed E-state index contributed by atoms with van der Waals surface area (Å²) in [5.41, 5.74) is 2.42. The molecule has 0 N–H and O–H groups in total. The Morgan fingerprint density at radius 2 is 1.47 bits per heavy atom. The first-order valence-corrected chi connectivity index (χ1v) is 5.50. The summed E-state index contributed by atoms with van der Waals surface area (Å²) in [6.45, 7) is 0. The van der Waals surface area contributed by atoms with Crippen molar-refractivity contribution < 1.29 is 9.47 Å². The Morgan fingerprint density at radius 3 is 2.00 bits per heavy atom. The van der Waals surface area contributed by atoms with E-state index in [1.807, 2.05) is 30.3 Å². The molecule has 0 fully saturated rings. The second-order valence-electron chi connectivity index (χ2n) is 3.79. The molecule has 0 saturated carbocycles. The van der Waals surface area contributed by atoms with Crippen molar-refractivity contribution in [2.75, 3.05) is 14.2 Å². The summed E-state index contributed by atoms with van der Waals surface area (Å²) in [5.74, 6) is 1.41. The van der Waals surface area contributed by atoms with Gasteiger partial charge in [-0.1, -0.05) is 30.3 Å². The van der Waals surface area contributed by atoms with Gasteiger partial charge in [0.15, 0.2) is 0 Å². The van der Waals surface area contributed by atoms with Crippen LogP contribution in [0.25, 0.3) is 0 Å². The molecular weight excluding hydrogens is 212 g/mol. The van der Waals surface area contributed by atoms with Gasteiger partial charge in [0.05, 0.1) is 20.3 Å². The summed E-state index contributed by atoms with van der Waals surface area (Å²) in [5, 5.41) is 0. The zero-order valence-electron chi connectivity index (χ0n) is 10.1. The molecule has 0 spiro atoms. The highest BCUT2D eigenvalue weighted by Crippen LogP contribution is 2.23. The lowest BCUT2D eigenvalue weighted by Gasteiger charge is -2.08. The molecule has 2 rings (SSSR count). The summed E-state index contributed by atoms with van der Waals surface area (Å²) in [6, 6.07) is 17.3. The smallest absolute Gasteiger partial charge is 0.130 e. The van der Waals surface area contributed by atoms with E-state index in [1.165, 1.54) is 5.56 Å². The molecule has 87 valence electrons. The van der Waals surface area contributed by atoms with Crippen molar-refractivity contribution in [3.05, 3.63) is 59.7 Å². The zero-order chi connectivity index (χ0) is 12.1. The largest absolute Gasteiger partial charge is 0.496 e. The Balaban J connectivity index is 2.26. The van der Waals surface area contributed by atoms with Crippen LogP contribution in [-0.4, -0.2) is 14.2 Å². The maximum Gasteiger partial charge on any atom is 0.130 e. The van der Waals surface area contributed by atoms with Gasteiger partial charge < -0.3 is 9.47 Å². The predicted octanol–water partition coefficient (Wildman–Crippen LogP) is 3.09. The molecule has 2 aromatic rings. The minimum absolute atomic E-state index is 0.704. The van der Waals surface area contributed by atoms with E-state index in [4.69, 9.17) is 9.47 Å². The Labute approximate surface area is 102 Å². The summed E-state index contributed by atoms with van der Waals surface area (Å²) in [7, 11) is 3.27. The first-order chi connectivity index (χ1) is 8.31. The Morgan fingerprint density at radius 1 is 0.882 bits per heavy atom. The fourth-order valence-electron chi connectivity index (χ4n) is 1.73. The van der Waals surface area contributed by atoms with E-state index >= 15 is 0 Å². The van der Waals surface area contributed by atoms with Crippen LogP contribution >= 0.6 is 0 Å². The molecule has 0 bridgehead atoms. The molecule has 0 aliphatic heterocycles. The Bertz CT molecular complexity index is 455. The van der Waals surface area contributed by atoms with Crippen molar-refractivity contribution >= 4 is 0 Å². The van der Waals surface area contributed by atoms with E-state index in [9.17, 15) is 0 Å². The van der Waals surface area contributed by atoms with Crippen molar-refractivity contribution in [1.82, 2.24) is 0 Å². The molecule has 0 amide bonds. The number of rotatable bonds is 4. The maximum atomic E-state index is 5.20. The van der Waals surface area contributed by atoms with Crippen LogP contribution in [0, 0.1) is 6.07 Å². The monoisotopic (exact) mass is 227 g/mol. The van der Waals surface area contributed by atoms with E-state index in [2.05, 4.69) is 18.2 Å². The molecule has 0 aromatic heterocycles. The standard InChI is InChI=1S/C15H15O2/c1-16-14-9-13(10-15(11-14)17-2)8-12-6-4-3-5-7-12/h3-7,9-10H,8H2,1-2H3. The van der Waals surface area contributed by atoms with Crippen molar-refractivity contribution in [1.29, 1.82) is 0 Å². The van der Waals surface area contributed by atoms with Crippen molar-refractivity contribution in [3.63, 3.8) is 0 Å². The number of methoxy groups -OCH3 is 2. The zero-order valence-corrected chi connectivity index (χ0v) is 10.1. The van der Waals surface area contributed by atoms with E-state index < -0.39 is 0 Å². The van der Waals surface area contributed by atoms with Gasteiger partial charge in [-0.15, -0.1) is 0 Å². The van der Waals surface area contributed by atoms with Gasteiger partial charge in [-0.25, -0.2) is 0 Å². The van der Waals surface area contributed by atoms with Gasteiger partial charge in [0.2, 0.25) is 0 Å². The van der Waals surface area contributed by atoms with Crippen molar-refractivity contribution in [2.45, 2.75) is 6.42 Å². The van der Waals surface area contributed by atoms with Crippen LogP contribution in [0.4, 0.5) is 0 Å². The first-order valence-electron chi connectivity index (χ1n) is 5.50. The summed E-state index contributed by atoms with van der Waals surface area (Å²) >= 11 is 0.